The maximum absolute atomic E-state index is 6.02. The van der Waals surface area contributed by atoms with E-state index in [1.54, 1.807) is 0 Å². The number of hydrogen-bond donors (Lipinski definition) is 2. The van der Waals surface area contributed by atoms with Gasteiger partial charge in [0.15, 0.2) is 0 Å². The molecule has 0 aliphatic heterocycles. The van der Waals surface area contributed by atoms with Gasteiger partial charge in [0.1, 0.15) is 0 Å². The van der Waals surface area contributed by atoms with Crippen molar-refractivity contribution in [1.82, 2.24) is 0 Å². The zero-order chi connectivity index (χ0) is 6.24. The van der Waals surface area contributed by atoms with Crippen LogP contribution in [0, 0.1) is 11.1 Å². The molecule has 0 saturated heterocycles. The summed E-state index contributed by atoms with van der Waals surface area (Å²) in [6, 6.07) is 0. The van der Waals surface area contributed by atoms with E-state index >= 15 is 0 Å². The van der Waals surface area contributed by atoms with Crippen LogP contribution in [0.4, 0.5) is 0 Å². The molecule has 0 aromatic carbocycles. The van der Waals surface area contributed by atoms with Gasteiger partial charge in [0, 0.05) is 0 Å². The van der Waals surface area contributed by atoms with Crippen molar-refractivity contribution in [3.63, 3.8) is 0 Å². The maximum atomic E-state index is 6.02. The van der Waals surface area contributed by atoms with Crippen molar-refractivity contribution in [2.24, 2.45) is 31.3 Å². The van der Waals surface area contributed by atoms with Gasteiger partial charge in [-0.25, -0.2) is 0 Å². The van der Waals surface area contributed by atoms with E-state index in [2.05, 4.69) is 31.3 Å². The SMILES string of the molecule is N=N/N=N\N=N/N=N. The fourth-order valence-electron chi connectivity index (χ4n) is 0.0758. The van der Waals surface area contributed by atoms with E-state index in [1.165, 1.54) is 0 Å². The lowest BCUT2D eigenvalue weighted by Crippen LogP contribution is -1.42. The van der Waals surface area contributed by atoms with Crippen molar-refractivity contribution in [1.29, 1.82) is 11.1 Å². The molecule has 0 amide bonds. The van der Waals surface area contributed by atoms with E-state index < -0.39 is 0 Å². The van der Waals surface area contributed by atoms with Crippen LogP contribution in [0.25, 0.3) is 0 Å². The fourth-order valence-corrected chi connectivity index (χ4v) is 0.0758. The zero-order valence-electron chi connectivity index (χ0n) is 3.68. The standard InChI is InChI=1S/H2N8/c1-3-5-7-8-6-4-2/h1-2H/b3-1?,4-2?,7-5-,8-6-. The normalized spacial score (nSPS) is 10.5. The quantitative estimate of drug-likeness (QED) is 0.409. The monoisotopic (exact) mass is 114 g/mol. The summed E-state index contributed by atoms with van der Waals surface area (Å²) >= 11 is 0. The maximum Gasteiger partial charge on any atom is -0.0000713 e. The predicted octanol–water partition coefficient (Wildman–Crippen LogP) is 1.70. The largest absolute Gasteiger partial charge is 0.183 e. The molecule has 0 aromatic rings. The molecular weight excluding hydrogens is 112 g/mol. The van der Waals surface area contributed by atoms with E-state index in [-0.39, 0.29) is 0 Å². The minimum absolute atomic E-state index is 2.46. The summed E-state index contributed by atoms with van der Waals surface area (Å²) in [5.41, 5.74) is 12.0. The molecule has 0 rings (SSSR count). The molecular formula is H2N8. The highest BCUT2D eigenvalue weighted by Crippen LogP contribution is 1.79. The van der Waals surface area contributed by atoms with Crippen LogP contribution in [0.15, 0.2) is 31.3 Å². The van der Waals surface area contributed by atoms with E-state index in [9.17, 15) is 0 Å². The van der Waals surface area contributed by atoms with E-state index in [0.29, 0.717) is 0 Å². The minimum Gasteiger partial charge on any atom is -0.183 e. The molecule has 0 aliphatic rings. The first kappa shape index (κ1) is 6.40. The van der Waals surface area contributed by atoms with Crippen molar-refractivity contribution in [3.05, 3.63) is 0 Å². The lowest BCUT2D eigenvalue weighted by Gasteiger charge is -1.62. The van der Waals surface area contributed by atoms with Crippen LogP contribution < -0.4 is 0 Å². The van der Waals surface area contributed by atoms with Crippen LogP contribution in [-0.4, -0.2) is 0 Å². The van der Waals surface area contributed by atoms with Gasteiger partial charge < -0.3 is 0 Å². The number of nitrogens with zero attached hydrogens (tertiary/aromatic N) is 6. The van der Waals surface area contributed by atoms with E-state index in [4.69, 9.17) is 11.1 Å². The second-order valence-electron chi connectivity index (χ2n) is 0.558. The van der Waals surface area contributed by atoms with E-state index in [0.717, 1.165) is 0 Å². The van der Waals surface area contributed by atoms with Gasteiger partial charge >= 0.3 is 0 Å². The molecule has 8 heavy (non-hydrogen) atoms. The molecule has 0 aromatic heterocycles. The van der Waals surface area contributed by atoms with Crippen LogP contribution in [0.1, 0.15) is 0 Å². The van der Waals surface area contributed by atoms with Gasteiger partial charge in [-0.1, -0.05) is 0 Å². The van der Waals surface area contributed by atoms with Gasteiger partial charge in [-0.3, -0.25) is 0 Å². The first-order valence-electron chi connectivity index (χ1n) is 1.45. The fraction of sp³-hybridized carbons (Fsp3) is 0. The molecule has 0 bridgehead atoms. The van der Waals surface area contributed by atoms with Crippen molar-refractivity contribution in [3.8, 4) is 0 Å². The summed E-state index contributed by atoms with van der Waals surface area (Å²) in [5.74, 6) is 0. The first-order valence-corrected chi connectivity index (χ1v) is 1.45. The Balaban J connectivity index is 3.41. The van der Waals surface area contributed by atoms with E-state index in [1.807, 2.05) is 0 Å². The summed E-state index contributed by atoms with van der Waals surface area (Å²) in [6.07, 6.45) is 0. The third kappa shape index (κ3) is 4.40. The van der Waals surface area contributed by atoms with Crippen LogP contribution in [-0.2, 0) is 0 Å². The Morgan fingerprint density at radius 2 is 1.00 bits per heavy atom. The van der Waals surface area contributed by atoms with Crippen LogP contribution in [0.5, 0.6) is 0 Å². The summed E-state index contributed by atoms with van der Waals surface area (Å²) in [6.45, 7) is 0. The molecule has 0 unspecified atom stereocenters. The summed E-state index contributed by atoms with van der Waals surface area (Å²) < 4.78 is 0. The van der Waals surface area contributed by atoms with Crippen LogP contribution >= 0.6 is 0 Å². The lowest BCUT2D eigenvalue weighted by atomic mass is 12.4. The van der Waals surface area contributed by atoms with Crippen LogP contribution in [0.2, 0.25) is 0 Å². The van der Waals surface area contributed by atoms with Gasteiger partial charge in [0.2, 0.25) is 0 Å². The van der Waals surface area contributed by atoms with Crippen molar-refractivity contribution in [2.75, 3.05) is 0 Å². The number of nitrogens with one attached hydrogen (secondary N) is 2. The molecule has 0 aliphatic carbocycles. The second kappa shape index (κ2) is 5.40. The van der Waals surface area contributed by atoms with Gasteiger partial charge in [-0.05, 0) is 31.3 Å². The Hall–Kier alpha value is -1.60. The highest BCUT2D eigenvalue weighted by Gasteiger charge is 1.59. The lowest BCUT2D eigenvalue weighted by molar-refractivity contribution is 0.780. The Morgan fingerprint density at radius 1 is 0.625 bits per heavy atom. The highest BCUT2D eigenvalue weighted by atomic mass is 15.6. The number of rotatable bonds is 3. The summed E-state index contributed by atoms with van der Waals surface area (Å²) in [7, 11) is 0. The average molecular weight is 114 g/mol. The molecule has 0 saturated carbocycles. The Bertz CT molecular complexity index is 100. The molecule has 8 heteroatoms. The average Bonchev–Trinajstić information content (AvgIpc) is 1.81. The number of hydrogen-bond acceptors (Lipinski definition) is 2. The Kier molecular flexibility index (Phi) is 4.32. The minimum atomic E-state index is 2.46. The Labute approximate surface area is 43.7 Å². The summed E-state index contributed by atoms with van der Waals surface area (Å²) in [4.78, 5) is 0. The summed E-state index contributed by atoms with van der Waals surface area (Å²) in [5, 5.41) is 16.0. The van der Waals surface area contributed by atoms with Crippen LogP contribution in [0.3, 0.4) is 0 Å². The van der Waals surface area contributed by atoms with Crippen molar-refractivity contribution < 1.29 is 0 Å². The molecule has 0 spiro atoms. The highest BCUT2D eigenvalue weighted by molar-refractivity contribution is 4.02. The zero-order valence-corrected chi connectivity index (χ0v) is 3.68. The smallest absolute Gasteiger partial charge is 0.0000713 e. The van der Waals surface area contributed by atoms with Gasteiger partial charge in [-0.2, -0.15) is 11.1 Å². The van der Waals surface area contributed by atoms with Crippen molar-refractivity contribution >= 4 is 0 Å². The molecule has 0 atom stereocenters. The molecule has 8 nitrogen and oxygen atoms in total. The molecule has 0 radical (unpaired) electrons. The van der Waals surface area contributed by atoms with Gasteiger partial charge in [0.05, 0.1) is 0 Å². The molecule has 2 N–H and O–H groups in total. The third-order valence-corrected chi connectivity index (χ3v) is 0.209. The third-order valence-electron chi connectivity index (χ3n) is 0.209. The van der Waals surface area contributed by atoms with Gasteiger partial charge in [0.25, 0.3) is 0 Å². The molecule has 0 fully saturated rings. The topological polar surface area (TPSA) is 122 Å². The first-order chi connectivity index (χ1) is 3.91. The van der Waals surface area contributed by atoms with Crippen molar-refractivity contribution in [2.45, 2.75) is 0 Å². The molecule has 42 valence electrons. The molecule has 0 heterocycles. The predicted molar refractivity (Wildman–Crippen MR) is 20.0 cm³/mol. The second-order valence-corrected chi connectivity index (χ2v) is 0.558. The Morgan fingerprint density at radius 3 is 1.25 bits per heavy atom. The van der Waals surface area contributed by atoms with Gasteiger partial charge in [-0.15, -0.1) is 0 Å².